The Bertz CT molecular complexity index is 964. The highest BCUT2D eigenvalue weighted by atomic mass is 79.9. The minimum absolute atomic E-state index is 0.0379. The summed E-state index contributed by atoms with van der Waals surface area (Å²) in [6.45, 7) is 2.03. The van der Waals surface area contributed by atoms with Crippen molar-refractivity contribution < 1.29 is 18.0 Å². The second kappa shape index (κ2) is 7.55. The normalized spacial score (nSPS) is 11.6. The molecule has 6 nitrogen and oxygen atoms in total. The van der Waals surface area contributed by atoms with Gasteiger partial charge < -0.3 is 5.32 Å². The van der Waals surface area contributed by atoms with Gasteiger partial charge in [0, 0.05) is 6.20 Å². The molecule has 0 unspecified atom stereocenters. The highest BCUT2D eigenvalue weighted by Gasteiger charge is 2.30. The number of nitrogens with zero attached hydrogens (tertiary/aromatic N) is 4. The summed E-state index contributed by atoms with van der Waals surface area (Å²) in [5, 5.41) is 10.8. The third-order valence-electron chi connectivity index (χ3n) is 3.85. The van der Waals surface area contributed by atoms with Gasteiger partial charge in [0.25, 0.3) is 0 Å². The molecule has 27 heavy (non-hydrogen) atoms. The minimum Gasteiger partial charge on any atom is -0.322 e. The number of carbonyl (C=O) groups is 1. The fourth-order valence-electron chi connectivity index (χ4n) is 2.47. The molecule has 10 heteroatoms. The number of hydrogen-bond donors (Lipinski definition) is 1. The number of halogens is 4. The Morgan fingerprint density at radius 1 is 1.26 bits per heavy atom. The zero-order valence-corrected chi connectivity index (χ0v) is 15.8. The average molecular weight is 442 g/mol. The highest BCUT2D eigenvalue weighted by Crippen LogP contribution is 2.29. The van der Waals surface area contributed by atoms with Crippen molar-refractivity contribution in [3.8, 4) is 0 Å². The Hall–Kier alpha value is -2.62. The van der Waals surface area contributed by atoms with E-state index in [1.54, 1.807) is 23.1 Å². The van der Waals surface area contributed by atoms with Gasteiger partial charge in [-0.25, -0.2) is 0 Å². The molecule has 2 heterocycles. The molecule has 0 saturated carbocycles. The maximum atomic E-state index is 12.8. The molecule has 0 saturated heterocycles. The van der Waals surface area contributed by atoms with Crippen molar-refractivity contribution >= 4 is 27.5 Å². The lowest BCUT2D eigenvalue weighted by atomic mass is 10.1. The Balaban J connectivity index is 1.63. The van der Waals surface area contributed by atoms with E-state index in [0.29, 0.717) is 11.3 Å². The summed E-state index contributed by atoms with van der Waals surface area (Å²) in [4.78, 5) is 12.1. The minimum atomic E-state index is -4.39. The molecule has 2 aromatic heterocycles. The number of nitrogens with one attached hydrogen (secondary N) is 1. The van der Waals surface area contributed by atoms with Crippen molar-refractivity contribution in [2.75, 3.05) is 5.32 Å². The van der Waals surface area contributed by atoms with Gasteiger partial charge >= 0.3 is 6.18 Å². The molecular formula is C17H15BrF3N5O. The zero-order chi connectivity index (χ0) is 19.6. The van der Waals surface area contributed by atoms with E-state index in [1.807, 2.05) is 6.92 Å². The second-order valence-electron chi connectivity index (χ2n) is 5.91. The monoisotopic (exact) mass is 441 g/mol. The number of alkyl halides is 3. The topological polar surface area (TPSA) is 64.7 Å². The predicted octanol–water partition coefficient (Wildman–Crippen LogP) is 3.86. The van der Waals surface area contributed by atoms with E-state index in [9.17, 15) is 18.0 Å². The van der Waals surface area contributed by atoms with Crippen LogP contribution in [0.25, 0.3) is 0 Å². The highest BCUT2D eigenvalue weighted by molar-refractivity contribution is 9.10. The number of rotatable bonds is 5. The van der Waals surface area contributed by atoms with Gasteiger partial charge in [-0.3, -0.25) is 14.2 Å². The van der Waals surface area contributed by atoms with Crippen LogP contribution in [0.15, 0.2) is 47.3 Å². The van der Waals surface area contributed by atoms with Gasteiger partial charge in [0.15, 0.2) is 0 Å². The van der Waals surface area contributed by atoms with Crippen LogP contribution in [0.4, 0.5) is 18.9 Å². The standard InChI is InChI=1S/C17H15BrF3N5O/c1-11-15(18)7-23-26(11)10-16(27)24-14-6-22-25(9-14)8-12-3-2-4-13(5-12)17(19,20)21/h2-7,9H,8,10H2,1H3,(H,24,27). The first kappa shape index (κ1) is 19.2. The molecule has 0 aliphatic rings. The van der Waals surface area contributed by atoms with E-state index in [2.05, 4.69) is 31.4 Å². The van der Waals surface area contributed by atoms with Crippen LogP contribution in [0.1, 0.15) is 16.8 Å². The number of benzene rings is 1. The maximum absolute atomic E-state index is 12.8. The number of anilines is 1. The first-order valence-electron chi connectivity index (χ1n) is 7.89. The fraction of sp³-hybridized carbons (Fsp3) is 0.235. The molecule has 0 atom stereocenters. The fourth-order valence-corrected chi connectivity index (χ4v) is 2.76. The molecular weight excluding hydrogens is 427 g/mol. The van der Waals surface area contributed by atoms with Crippen molar-refractivity contribution in [1.29, 1.82) is 0 Å². The second-order valence-corrected chi connectivity index (χ2v) is 6.76. The van der Waals surface area contributed by atoms with Crippen molar-refractivity contribution in [3.05, 3.63) is 64.1 Å². The molecule has 0 fully saturated rings. The number of amides is 1. The molecule has 142 valence electrons. The lowest BCUT2D eigenvalue weighted by Gasteiger charge is -2.08. The van der Waals surface area contributed by atoms with Gasteiger partial charge in [-0.1, -0.05) is 12.1 Å². The van der Waals surface area contributed by atoms with Crippen LogP contribution in [-0.2, 0) is 24.1 Å². The van der Waals surface area contributed by atoms with Gasteiger partial charge in [0.2, 0.25) is 5.91 Å². The third-order valence-corrected chi connectivity index (χ3v) is 4.63. The lowest BCUT2D eigenvalue weighted by Crippen LogP contribution is -2.20. The largest absolute Gasteiger partial charge is 0.416 e. The van der Waals surface area contributed by atoms with Gasteiger partial charge in [-0.15, -0.1) is 0 Å². The van der Waals surface area contributed by atoms with Crippen LogP contribution in [-0.4, -0.2) is 25.5 Å². The molecule has 3 rings (SSSR count). The summed E-state index contributed by atoms with van der Waals surface area (Å²) >= 11 is 3.33. The van der Waals surface area contributed by atoms with Crippen molar-refractivity contribution in [2.24, 2.45) is 0 Å². The summed E-state index contributed by atoms with van der Waals surface area (Å²) in [7, 11) is 0. The van der Waals surface area contributed by atoms with Gasteiger partial charge in [0.05, 0.1) is 40.4 Å². The van der Waals surface area contributed by atoms with Crippen LogP contribution in [0.2, 0.25) is 0 Å². The van der Waals surface area contributed by atoms with Crippen LogP contribution in [0.3, 0.4) is 0 Å². The summed E-state index contributed by atoms with van der Waals surface area (Å²) < 4.78 is 42.2. The van der Waals surface area contributed by atoms with Gasteiger partial charge in [-0.05, 0) is 40.5 Å². The number of hydrogen-bond acceptors (Lipinski definition) is 3. The summed E-state index contributed by atoms with van der Waals surface area (Å²) in [6, 6.07) is 5.05. The maximum Gasteiger partial charge on any atom is 0.416 e. The first-order chi connectivity index (χ1) is 12.7. The van der Waals surface area contributed by atoms with Crippen molar-refractivity contribution in [1.82, 2.24) is 19.6 Å². The number of aromatic nitrogens is 4. The Morgan fingerprint density at radius 2 is 2.04 bits per heavy atom. The van der Waals surface area contributed by atoms with Gasteiger partial charge in [-0.2, -0.15) is 23.4 Å². The zero-order valence-electron chi connectivity index (χ0n) is 14.2. The molecule has 1 aromatic carbocycles. The van der Waals surface area contributed by atoms with E-state index in [-0.39, 0.29) is 19.0 Å². The molecule has 0 aliphatic carbocycles. The van der Waals surface area contributed by atoms with Crippen LogP contribution < -0.4 is 5.32 Å². The molecule has 1 amide bonds. The number of carbonyl (C=O) groups excluding carboxylic acids is 1. The van der Waals surface area contributed by atoms with E-state index < -0.39 is 11.7 Å². The quantitative estimate of drug-likeness (QED) is 0.653. The molecule has 3 aromatic rings. The third kappa shape index (κ3) is 4.76. The average Bonchev–Trinajstić information content (AvgIpc) is 3.15. The molecule has 0 radical (unpaired) electrons. The molecule has 0 aliphatic heterocycles. The van der Waals surface area contributed by atoms with Crippen LogP contribution >= 0.6 is 15.9 Å². The van der Waals surface area contributed by atoms with E-state index in [0.717, 1.165) is 22.3 Å². The van der Waals surface area contributed by atoms with Gasteiger partial charge in [0.1, 0.15) is 6.54 Å². The SMILES string of the molecule is Cc1c(Br)cnn1CC(=O)Nc1cnn(Cc2cccc(C(F)(F)F)c2)c1. The van der Waals surface area contributed by atoms with Crippen LogP contribution in [0, 0.1) is 6.92 Å². The molecule has 0 bridgehead atoms. The van der Waals surface area contributed by atoms with Crippen molar-refractivity contribution in [3.63, 3.8) is 0 Å². The summed E-state index contributed by atoms with van der Waals surface area (Å²) in [5.74, 6) is -0.285. The molecule has 0 spiro atoms. The van der Waals surface area contributed by atoms with Crippen LogP contribution in [0.5, 0.6) is 0 Å². The van der Waals surface area contributed by atoms with Crippen molar-refractivity contribution in [2.45, 2.75) is 26.2 Å². The predicted molar refractivity (Wildman–Crippen MR) is 96.1 cm³/mol. The Morgan fingerprint density at radius 3 is 2.70 bits per heavy atom. The molecule has 1 N–H and O–H groups in total. The smallest absolute Gasteiger partial charge is 0.322 e. The summed E-state index contributed by atoms with van der Waals surface area (Å²) in [5.41, 5.74) is 1.03. The lowest BCUT2D eigenvalue weighted by molar-refractivity contribution is -0.137. The first-order valence-corrected chi connectivity index (χ1v) is 8.68. The van der Waals surface area contributed by atoms with E-state index in [1.165, 1.54) is 16.9 Å². The van der Waals surface area contributed by atoms with E-state index in [4.69, 9.17) is 0 Å². The summed E-state index contributed by atoms with van der Waals surface area (Å²) in [6.07, 6.45) is 0.218. The Kier molecular flexibility index (Phi) is 5.36. The Labute approximate surface area is 161 Å². The van der Waals surface area contributed by atoms with E-state index >= 15 is 0 Å².